The van der Waals surface area contributed by atoms with Crippen molar-refractivity contribution in [3.63, 3.8) is 0 Å². The van der Waals surface area contributed by atoms with Crippen molar-refractivity contribution in [2.75, 3.05) is 6.61 Å². The molecule has 5 heteroatoms. The van der Waals surface area contributed by atoms with E-state index in [1.54, 1.807) is 0 Å². The van der Waals surface area contributed by atoms with Gasteiger partial charge in [-0.15, -0.1) is 0 Å². The Morgan fingerprint density at radius 3 is 2.88 bits per heavy atom. The fourth-order valence-corrected chi connectivity index (χ4v) is 5.66. The predicted molar refractivity (Wildman–Crippen MR) is 96.0 cm³/mol. The average molecular weight is 371 g/mol. The van der Waals surface area contributed by atoms with Gasteiger partial charge in [0, 0.05) is 24.1 Å². The van der Waals surface area contributed by atoms with Crippen molar-refractivity contribution >= 4 is 5.78 Å². The molecule has 0 amide bonds. The minimum Gasteiger partial charge on any atom is -0.394 e. The van der Waals surface area contributed by atoms with Crippen LogP contribution in [-0.2, 0) is 4.79 Å². The Kier molecular flexibility index (Phi) is 2.45. The molecule has 4 aliphatic rings. The van der Waals surface area contributed by atoms with Crippen LogP contribution in [0.2, 0.25) is 0 Å². The first-order valence-electron chi connectivity index (χ1n) is 12.9. The molecular formula is C21H30O5. The molecule has 3 saturated carbocycles. The van der Waals surface area contributed by atoms with Crippen molar-refractivity contribution in [3.05, 3.63) is 23.8 Å². The van der Waals surface area contributed by atoms with E-state index in [9.17, 15) is 26.6 Å². The molecule has 0 bridgehead atoms. The van der Waals surface area contributed by atoms with Gasteiger partial charge in [-0.1, -0.05) is 25.5 Å². The van der Waals surface area contributed by atoms with E-state index in [0.29, 0.717) is 0 Å². The van der Waals surface area contributed by atoms with E-state index in [1.165, 1.54) is 13.8 Å². The quantitative estimate of drug-likeness (QED) is 0.588. The highest BCUT2D eigenvalue weighted by Gasteiger charge is 2.69. The van der Waals surface area contributed by atoms with E-state index in [0.717, 1.165) is 6.08 Å². The van der Waals surface area contributed by atoms with Crippen molar-refractivity contribution < 1.29 is 36.2 Å². The Morgan fingerprint density at radius 1 is 1.46 bits per heavy atom. The molecule has 0 aromatic rings. The van der Waals surface area contributed by atoms with E-state index in [2.05, 4.69) is 0 Å². The smallest absolute Gasteiger partial charge is 0.178 e. The molecule has 0 radical (unpaired) electrons. The van der Waals surface area contributed by atoms with Gasteiger partial charge in [-0.3, -0.25) is 4.79 Å². The number of aliphatic hydroxyl groups excluding tert-OH is 2. The fraction of sp³-hybridized carbons (Fsp3) is 0.762. The largest absolute Gasteiger partial charge is 0.394 e. The number of aliphatic hydroxyl groups is 4. The molecule has 0 spiro atoms. The Morgan fingerprint density at radius 2 is 2.19 bits per heavy atom. The van der Waals surface area contributed by atoms with Crippen molar-refractivity contribution in [1.82, 2.24) is 0 Å². The Hall–Kier alpha value is -1.01. The second kappa shape index (κ2) is 5.74. The van der Waals surface area contributed by atoms with Crippen molar-refractivity contribution in [2.45, 2.75) is 63.6 Å². The number of rotatable bonds is 2. The number of ketones is 1. The van der Waals surface area contributed by atoms with E-state index in [1.807, 2.05) is 0 Å². The topological polar surface area (TPSA) is 98.0 Å². The lowest BCUT2D eigenvalue weighted by atomic mass is 9.43. The summed E-state index contributed by atoms with van der Waals surface area (Å²) in [5, 5.41) is 43.3. The van der Waals surface area contributed by atoms with Crippen LogP contribution in [0.25, 0.3) is 0 Å². The molecule has 0 aromatic heterocycles. The summed E-state index contributed by atoms with van der Waals surface area (Å²) in [4.78, 5) is 12.3. The van der Waals surface area contributed by atoms with Crippen LogP contribution in [0.5, 0.6) is 0 Å². The molecule has 4 N–H and O–H groups in total. The van der Waals surface area contributed by atoms with Gasteiger partial charge in [0.05, 0.1) is 22.4 Å². The third kappa shape index (κ3) is 2.15. The third-order valence-electron chi connectivity index (χ3n) is 7.05. The van der Waals surface area contributed by atoms with Crippen LogP contribution < -0.4 is 0 Å². The highest BCUT2D eigenvalue weighted by molar-refractivity contribution is 6.00. The predicted octanol–water partition coefficient (Wildman–Crippen LogP) is 1.35. The van der Waals surface area contributed by atoms with Gasteiger partial charge >= 0.3 is 0 Å². The van der Waals surface area contributed by atoms with Gasteiger partial charge in [0.1, 0.15) is 6.10 Å². The van der Waals surface area contributed by atoms with E-state index in [-0.39, 0.29) is 12.8 Å². The maximum Gasteiger partial charge on any atom is 0.178 e. The summed E-state index contributed by atoms with van der Waals surface area (Å²) < 4.78 is 69.9. The lowest BCUT2D eigenvalue weighted by Gasteiger charge is -2.62. The Labute approximate surface area is 165 Å². The molecule has 8 atom stereocenters. The summed E-state index contributed by atoms with van der Waals surface area (Å²) in [6.07, 6.45) is -10.5. The summed E-state index contributed by atoms with van der Waals surface area (Å²) >= 11 is 0. The first kappa shape index (κ1) is 11.1. The SMILES string of the molecule is [2H]C1=C[C@@H]2C(=C([2H])C1=O)C([2H])([2H])C[C@@]1(C)[C@@H]3CC[C@](O)(C(O)CO)[C@@]3(C)C([2H])([2H])[C@]([2H])(O)[C@]21[2H]. The van der Waals surface area contributed by atoms with E-state index in [4.69, 9.17) is 9.60 Å². The molecule has 3 fully saturated rings. The zero-order valence-electron chi connectivity index (χ0n) is 22.8. The number of carbonyl (C=O) groups excluding carboxylic acids is 1. The molecule has 5 nitrogen and oxygen atoms in total. The van der Waals surface area contributed by atoms with E-state index >= 15 is 0 Å². The van der Waals surface area contributed by atoms with Gasteiger partial charge in [0.15, 0.2) is 5.78 Å². The number of allylic oxidation sites excluding steroid dienone is 4. The second-order valence-corrected chi connectivity index (χ2v) is 8.23. The van der Waals surface area contributed by atoms with Gasteiger partial charge in [0.25, 0.3) is 0 Å². The lowest BCUT2D eigenvalue weighted by Crippen LogP contribution is -2.64. The third-order valence-corrected chi connectivity index (χ3v) is 7.05. The summed E-state index contributed by atoms with van der Waals surface area (Å²) in [5.74, 6) is -6.29. The van der Waals surface area contributed by atoms with Gasteiger partial charge < -0.3 is 20.4 Å². The normalized spacial score (nSPS) is 66.1. The average Bonchev–Trinajstić information content (AvgIpc) is 3.01. The van der Waals surface area contributed by atoms with Crippen molar-refractivity contribution in [1.29, 1.82) is 0 Å². The maximum absolute atomic E-state index is 12.3. The minimum atomic E-state index is -3.35. The van der Waals surface area contributed by atoms with Gasteiger partial charge in [-0.2, -0.15) is 0 Å². The van der Waals surface area contributed by atoms with Gasteiger partial charge in [-0.05, 0) is 55.4 Å². The highest BCUT2D eigenvalue weighted by atomic mass is 16.4. The van der Waals surface area contributed by atoms with Crippen LogP contribution in [0.1, 0.15) is 56.8 Å². The van der Waals surface area contributed by atoms with Crippen LogP contribution >= 0.6 is 0 Å². The zero-order chi connectivity index (χ0) is 26.1. The van der Waals surface area contributed by atoms with Crippen molar-refractivity contribution in [3.8, 4) is 0 Å². The Bertz CT molecular complexity index is 1030. The van der Waals surface area contributed by atoms with Crippen LogP contribution in [0.3, 0.4) is 0 Å². The molecular weight excluding hydrogens is 332 g/mol. The summed E-state index contributed by atoms with van der Waals surface area (Å²) in [6, 6.07) is -1.53. The van der Waals surface area contributed by atoms with E-state index < -0.39 is 95.6 Å². The van der Waals surface area contributed by atoms with Crippen LogP contribution in [0.15, 0.2) is 23.8 Å². The number of hydrogen-bond donors (Lipinski definition) is 4. The molecule has 0 aromatic carbocycles. The number of fused-ring (bicyclic) bond motifs is 5. The molecule has 26 heavy (non-hydrogen) atoms. The lowest BCUT2D eigenvalue weighted by molar-refractivity contribution is -0.219. The number of hydrogen-bond acceptors (Lipinski definition) is 5. The summed E-state index contributed by atoms with van der Waals surface area (Å²) in [7, 11) is 0. The molecule has 0 heterocycles. The summed E-state index contributed by atoms with van der Waals surface area (Å²) in [5.41, 5.74) is -6.55. The highest BCUT2D eigenvalue weighted by Crippen LogP contribution is 2.69. The first-order chi connectivity index (χ1) is 15.2. The summed E-state index contributed by atoms with van der Waals surface area (Å²) in [6.45, 7) is 1.77. The maximum atomic E-state index is 12.3. The molecule has 144 valence electrons. The second-order valence-electron chi connectivity index (χ2n) is 8.23. The fourth-order valence-electron chi connectivity index (χ4n) is 5.66. The molecule has 4 aliphatic carbocycles. The van der Waals surface area contributed by atoms with Crippen LogP contribution in [0.4, 0.5) is 0 Å². The first-order valence-corrected chi connectivity index (χ1v) is 8.92. The molecule has 0 saturated heterocycles. The van der Waals surface area contributed by atoms with Crippen molar-refractivity contribution in [2.24, 2.45) is 28.6 Å². The van der Waals surface area contributed by atoms with Gasteiger partial charge in [-0.25, -0.2) is 0 Å². The Balaban J connectivity index is 2.09. The van der Waals surface area contributed by atoms with Crippen LogP contribution in [0, 0.1) is 28.6 Å². The van der Waals surface area contributed by atoms with Crippen LogP contribution in [-0.4, -0.2) is 50.6 Å². The monoisotopic (exact) mass is 370 g/mol. The van der Waals surface area contributed by atoms with Gasteiger partial charge in [0.2, 0.25) is 0 Å². The zero-order valence-corrected chi connectivity index (χ0v) is 14.8. The number of carbonyl (C=O) groups is 1. The molecule has 4 rings (SSSR count). The minimum absolute atomic E-state index is 0.00272. The standard InChI is InChI=1S/C21H30O5/c1-19-7-5-12-9-13(23)3-4-14(12)18(19)15(24)10-20(2)16(19)6-8-21(20,26)17(25)11-22/h3-4,9,14-18,22,24-26H,5-8,10-11H2,1-2H3/t14-,15+,16+,17?,18+,19+,20+,21+/m1/s1/i3D,5D2,9D,10D2,15D,18D. The molecule has 0 aliphatic heterocycles. The molecule has 1 unspecified atom stereocenters.